The quantitative estimate of drug-likeness (QED) is 0.903. The molecule has 1 aromatic carbocycles. The first-order chi connectivity index (χ1) is 9.91. The van der Waals surface area contributed by atoms with Crippen LogP contribution in [0, 0.1) is 20.8 Å². The van der Waals surface area contributed by atoms with E-state index in [0.717, 1.165) is 12.2 Å². The van der Waals surface area contributed by atoms with Gasteiger partial charge < -0.3 is 5.32 Å². The summed E-state index contributed by atoms with van der Waals surface area (Å²) in [6.45, 7) is 14.0. The van der Waals surface area contributed by atoms with Crippen molar-refractivity contribution in [3.05, 3.63) is 46.8 Å². The Balaban J connectivity index is 2.36. The summed E-state index contributed by atoms with van der Waals surface area (Å²) in [5.41, 5.74) is 6.18. The monoisotopic (exact) mass is 285 g/mol. The Morgan fingerprint density at radius 1 is 1.10 bits per heavy atom. The van der Waals surface area contributed by atoms with Gasteiger partial charge in [0.15, 0.2) is 0 Å². The molecule has 114 valence electrons. The Bertz CT molecular complexity index is 611. The lowest BCUT2D eigenvalue weighted by molar-refractivity contribution is 0.546. The molecule has 0 spiro atoms. The van der Waals surface area contributed by atoms with Crippen molar-refractivity contribution in [2.24, 2.45) is 0 Å². The molecule has 0 aliphatic rings. The molecule has 1 atom stereocenters. The van der Waals surface area contributed by atoms with Crippen LogP contribution in [-0.2, 0) is 0 Å². The first kappa shape index (κ1) is 15.8. The van der Waals surface area contributed by atoms with E-state index in [0.29, 0.717) is 12.0 Å². The summed E-state index contributed by atoms with van der Waals surface area (Å²) < 4.78 is 2.09. The molecule has 3 nitrogen and oxygen atoms in total. The van der Waals surface area contributed by atoms with E-state index in [1.54, 1.807) is 0 Å². The number of nitrogens with one attached hydrogen (secondary N) is 1. The molecule has 0 aliphatic carbocycles. The van der Waals surface area contributed by atoms with Crippen LogP contribution in [0.25, 0.3) is 5.69 Å². The van der Waals surface area contributed by atoms with Crippen molar-refractivity contribution < 1.29 is 0 Å². The predicted molar refractivity (Wildman–Crippen MR) is 89.3 cm³/mol. The highest BCUT2D eigenvalue weighted by atomic mass is 15.3. The second-order valence-electron chi connectivity index (χ2n) is 6.25. The highest BCUT2D eigenvalue weighted by Crippen LogP contribution is 2.26. The van der Waals surface area contributed by atoms with Crippen molar-refractivity contribution in [1.29, 1.82) is 0 Å². The van der Waals surface area contributed by atoms with E-state index >= 15 is 0 Å². The molecule has 0 saturated carbocycles. The molecule has 1 heterocycles. The fourth-order valence-corrected chi connectivity index (χ4v) is 2.92. The summed E-state index contributed by atoms with van der Waals surface area (Å²) in [4.78, 5) is 0. The van der Waals surface area contributed by atoms with Gasteiger partial charge in [0, 0.05) is 23.8 Å². The largest absolute Gasteiger partial charge is 0.314 e. The van der Waals surface area contributed by atoms with Gasteiger partial charge >= 0.3 is 0 Å². The third-order valence-electron chi connectivity index (χ3n) is 4.02. The topological polar surface area (TPSA) is 29.9 Å². The summed E-state index contributed by atoms with van der Waals surface area (Å²) in [7, 11) is 0. The first-order valence-corrected chi connectivity index (χ1v) is 7.77. The third-order valence-corrected chi connectivity index (χ3v) is 4.02. The van der Waals surface area contributed by atoms with Gasteiger partial charge in [0.1, 0.15) is 0 Å². The van der Waals surface area contributed by atoms with Crippen molar-refractivity contribution in [2.75, 3.05) is 6.54 Å². The van der Waals surface area contributed by atoms with Crippen LogP contribution >= 0.6 is 0 Å². The zero-order chi connectivity index (χ0) is 15.6. The molecular formula is C18H27N3. The molecule has 0 bridgehead atoms. The molecule has 1 unspecified atom stereocenters. The van der Waals surface area contributed by atoms with Crippen LogP contribution in [0.5, 0.6) is 0 Å². The first-order valence-electron chi connectivity index (χ1n) is 7.77. The molecule has 2 aromatic rings. The third kappa shape index (κ3) is 3.35. The average molecular weight is 285 g/mol. The molecule has 0 saturated heterocycles. The van der Waals surface area contributed by atoms with E-state index in [-0.39, 0.29) is 0 Å². The molecule has 2 rings (SSSR count). The van der Waals surface area contributed by atoms with Crippen LogP contribution in [0.15, 0.2) is 24.3 Å². The van der Waals surface area contributed by atoms with Crippen LogP contribution in [0.4, 0.5) is 0 Å². The van der Waals surface area contributed by atoms with E-state index in [1.165, 1.54) is 22.5 Å². The van der Waals surface area contributed by atoms with Crippen LogP contribution in [0.3, 0.4) is 0 Å². The highest BCUT2D eigenvalue weighted by molar-refractivity contribution is 5.43. The van der Waals surface area contributed by atoms with Gasteiger partial charge in [-0.1, -0.05) is 39.0 Å². The smallest absolute Gasteiger partial charge is 0.0678 e. The number of para-hydroxylation sites is 1. The Morgan fingerprint density at radius 2 is 1.76 bits per heavy atom. The fourth-order valence-electron chi connectivity index (χ4n) is 2.92. The minimum absolute atomic E-state index is 0.463. The number of hydrogen-bond acceptors (Lipinski definition) is 2. The van der Waals surface area contributed by atoms with E-state index in [4.69, 9.17) is 5.10 Å². The molecule has 21 heavy (non-hydrogen) atoms. The SMILES string of the molecule is Cc1ccccc1-n1nc(C)c(C(C)CNC(C)C)c1C. The van der Waals surface area contributed by atoms with Crippen molar-refractivity contribution in [3.63, 3.8) is 0 Å². The van der Waals surface area contributed by atoms with Crippen molar-refractivity contribution in [3.8, 4) is 5.69 Å². The van der Waals surface area contributed by atoms with Crippen LogP contribution in [0.2, 0.25) is 0 Å². The van der Waals surface area contributed by atoms with Crippen molar-refractivity contribution >= 4 is 0 Å². The van der Waals surface area contributed by atoms with Crippen molar-refractivity contribution in [2.45, 2.75) is 53.5 Å². The van der Waals surface area contributed by atoms with Gasteiger partial charge in [-0.25, -0.2) is 4.68 Å². The van der Waals surface area contributed by atoms with Crippen LogP contribution < -0.4 is 5.32 Å². The van der Waals surface area contributed by atoms with E-state index < -0.39 is 0 Å². The van der Waals surface area contributed by atoms with Gasteiger partial charge in [-0.3, -0.25) is 0 Å². The van der Waals surface area contributed by atoms with Gasteiger partial charge in [-0.2, -0.15) is 5.10 Å². The molecule has 3 heteroatoms. The zero-order valence-electron chi connectivity index (χ0n) is 14.1. The lowest BCUT2D eigenvalue weighted by atomic mass is 9.99. The van der Waals surface area contributed by atoms with Crippen LogP contribution in [0.1, 0.15) is 49.2 Å². The van der Waals surface area contributed by atoms with Gasteiger partial charge in [-0.05, 0) is 38.3 Å². The molecule has 1 N–H and O–H groups in total. The number of hydrogen-bond donors (Lipinski definition) is 1. The average Bonchev–Trinajstić information content (AvgIpc) is 2.72. The fraction of sp³-hybridized carbons (Fsp3) is 0.500. The Hall–Kier alpha value is -1.61. The molecule has 0 amide bonds. The van der Waals surface area contributed by atoms with Crippen LogP contribution in [-0.4, -0.2) is 22.4 Å². The lowest BCUT2D eigenvalue weighted by Crippen LogP contribution is -2.27. The second kappa shape index (κ2) is 6.44. The van der Waals surface area contributed by atoms with Gasteiger partial charge in [0.05, 0.1) is 11.4 Å². The number of benzene rings is 1. The minimum Gasteiger partial charge on any atom is -0.314 e. The standard InChI is InChI=1S/C18H27N3/c1-12(2)19-11-14(4)18-15(5)20-21(16(18)6)17-10-8-7-9-13(17)3/h7-10,12,14,19H,11H2,1-6H3. The van der Waals surface area contributed by atoms with Crippen molar-refractivity contribution in [1.82, 2.24) is 15.1 Å². The maximum atomic E-state index is 4.78. The minimum atomic E-state index is 0.463. The summed E-state index contributed by atoms with van der Waals surface area (Å²) in [5, 5.41) is 8.30. The Labute approximate surface area is 128 Å². The molecule has 0 aliphatic heterocycles. The van der Waals surface area contributed by atoms with E-state index in [9.17, 15) is 0 Å². The summed E-state index contributed by atoms with van der Waals surface area (Å²) in [6, 6.07) is 8.92. The number of aryl methyl sites for hydroxylation is 2. The van der Waals surface area contributed by atoms with Gasteiger partial charge in [-0.15, -0.1) is 0 Å². The molecular weight excluding hydrogens is 258 g/mol. The number of aromatic nitrogens is 2. The van der Waals surface area contributed by atoms with E-state index in [2.05, 4.69) is 75.8 Å². The predicted octanol–water partition coefficient (Wildman–Crippen LogP) is 3.90. The number of nitrogens with zero attached hydrogens (tertiary/aromatic N) is 2. The Morgan fingerprint density at radius 3 is 2.38 bits per heavy atom. The van der Waals surface area contributed by atoms with E-state index in [1.807, 2.05) is 0 Å². The maximum absolute atomic E-state index is 4.78. The summed E-state index contributed by atoms with van der Waals surface area (Å²) >= 11 is 0. The second-order valence-corrected chi connectivity index (χ2v) is 6.25. The molecule has 1 aromatic heterocycles. The van der Waals surface area contributed by atoms with Gasteiger partial charge in [0.25, 0.3) is 0 Å². The summed E-state index contributed by atoms with van der Waals surface area (Å²) in [6.07, 6.45) is 0. The Kier molecular flexibility index (Phi) is 4.84. The summed E-state index contributed by atoms with van der Waals surface area (Å²) in [5.74, 6) is 0.463. The van der Waals surface area contributed by atoms with Gasteiger partial charge in [0.2, 0.25) is 0 Å². The highest BCUT2D eigenvalue weighted by Gasteiger charge is 2.18. The molecule has 0 radical (unpaired) electrons. The normalized spacial score (nSPS) is 12.9. The molecule has 0 fully saturated rings. The zero-order valence-corrected chi connectivity index (χ0v) is 14.1. The number of rotatable bonds is 5. The lowest BCUT2D eigenvalue weighted by Gasteiger charge is -2.16. The maximum Gasteiger partial charge on any atom is 0.0678 e.